The highest BCUT2D eigenvalue weighted by molar-refractivity contribution is 5.79. The number of rotatable bonds is 7. The molecule has 206 valence electrons. The number of benzene rings is 2. The number of fused-ring (bicyclic) bond motifs is 2. The molecule has 3 aromatic rings. The van der Waals surface area contributed by atoms with E-state index in [1.165, 1.54) is 5.56 Å². The zero-order chi connectivity index (χ0) is 27.4. The van der Waals surface area contributed by atoms with E-state index in [0.717, 1.165) is 70.5 Å². The van der Waals surface area contributed by atoms with Crippen LogP contribution in [-0.4, -0.2) is 72.1 Å². The Kier molecular flexibility index (Phi) is 6.55. The van der Waals surface area contributed by atoms with Crippen LogP contribution in [0.2, 0.25) is 0 Å². The lowest BCUT2D eigenvalue weighted by atomic mass is 9.93. The van der Waals surface area contributed by atoms with Gasteiger partial charge in [0, 0.05) is 50.2 Å². The second-order valence-electron chi connectivity index (χ2n) is 11.4. The number of hydrogen-bond donors (Lipinski definition) is 1. The Hall–Kier alpha value is -3.16. The lowest BCUT2D eigenvalue weighted by Gasteiger charge is -2.34. The summed E-state index contributed by atoms with van der Waals surface area (Å²) in [6, 6.07) is 11.9. The lowest BCUT2D eigenvalue weighted by Crippen LogP contribution is -2.45. The smallest absolute Gasteiger partial charge is 0.339 e. The van der Waals surface area contributed by atoms with Crippen molar-refractivity contribution in [3.8, 4) is 6.07 Å². The lowest BCUT2D eigenvalue weighted by molar-refractivity contribution is -0.139. The second kappa shape index (κ2) is 9.79. The van der Waals surface area contributed by atoms with Crippen LogP contribution in [0, 0.1) is 23.1 Å². The maximum atomic E-state index is 14.3. The number of halogens is 4. The zero-order valence-electron chi connectivity index (χ0n) is 21.9. The molecule has 6 nitrogen and oxygen atoms in total. The van der Waals surface area contributed by atoms with Gasteiger partial charge in [-0.3, -0.25) is 0 Å². The molecule has 1 aromatic heterocycles. The number of aromatic amines is 1. The summed E-state index contributed by atoms with van der Waals surface area (Å²) in [7, 11) is 2.13. The highest BCUT2D eigenvalue weighted by atomic mass is 19.4. The molecule has 39 heavy (non-hydrogen) atoms. The zero-order valence-corrected chi connectivity index (χ0v) is 21.9. The quantitative estimate of drug-likeness (QED) is 0.420. The Morgan fingerprint density at radius 1 is 1.15 bits per heavy atom. The molecule has 0 amide bonds. The Morgan fingerprint density at radius 3 is 2.56 bits per heavy atom. The minimum absolute atomic E-state index is 0.0654. The molecule has 3 fully saturated rings. The van der Waals surface area contributed by atoms with Crippen LogP contribution in [0.5, 0.6) is 0 Å². The normalized spacial score (nSPS) is 25.5. The number of piperazine rings is 1. The molecule has 1 saturated heterocycles. The van der Waals surface area contributed by atoms with Crippen molar-refractivity contribution < 1.29 is 17.6 Å². The van der Waals surface area contributed by atoms with Crippen molar-refractivity contribution in [2.45, 2.75) is 43.3 Å². The summed E-state index contributed by atoms with van der Waals surface area (Å²) in [4.78, 5) is 14.7. The largest absolute Gasteiger partial charge is 0.419 e. The molecule has 2 aromatic carbocycles. The molecule has 6 rings (SSSR count). The van der Waals surface area contributed by atoms with Crippen molar-refractivity contribution in [2.24, 2.45) is 5.92 Å². The van der Waals surface area contributed by atoms with Gasteiger partial charge in [-0.1, -0.05) is 12.1 Å². The summed E-state index contributed by atoms with van der Waals surface area (Å²) in [5.74, 6) is -0.406. The van der Waals surface area contributed by atoms with Gasteiger partial charge < -0.3 is 19.7 Å². The molecule has 2 saturated carbocycles. The minimum Gasteiger partial charge on any atom is -0.339 e. The van der Waals surface area contributed by atoms with Crippen LogP contribution in [-0.2, 0) is 11.6 Å². The topological polar surface area (TPSA) is 62.2 Å². The molecule has 2 heterocycles. The molecule has 3 aliphatic rings. The van der Waals surface area contributed by atoms with E-state index in [1.54, 1.807) is 0 Å². The molecular formula is C29H32F4N6. The summed E-state index contributed by atoms with van der Waals surface area (Å²) in [5, 5.41) is 9.18. The first kappa shape index (κ1) is 26.1. The van der Waals surface area contributed by atoms with Crippen molar-refractivity contribution in [3.05, 3.63) is 58.9 Å². The van der Waals surface area contributed by atoms with Crippen LogP contribution in [0.15, 0.2) is 36.4 Å². The SMILES string of the molecule is CN1CCN(CCCN(c2nc3cc(F)c(C(F)(F)F)cc3[nH]2)[C@@H]2CCC3(c4ccc(C#N)cc4)CC23)CC1. The van der Waals surface area contributed by atoms with Crippen LogP contribution >= 0.6 is 0 Å². The Balaban J connectivity index is 1.26. The number of likely N-dealkylation sites (N-methyl/N-ethyl adjacent to an activating group) is 1. The van der Waals surface area contributed by atoms with Crippen LogP contribution in [0.25, 0.3) is 11.0 Å². The number of imidazole rings is 1. The molecule has 2 unspecified atom stereocenters. The van der Waals surface area contributed by atoms with Gasteiger partial charge in [-0.15, -0.1) is 0 Å². The number of nitrogens with one attached hydrogen (secondary N) is 1. The summed E-state index contributed by atoms with van der Waals surface area (Å²) < 4.78 is 54.4. The van der Waals surface area contributed by atoms with Crippen LogP contribution in [0.1, 0.15) is 42.4 Å². The third-order valence-corrected chi connectivity index (χ3v) is 9.08. The van der Waals surface area contributed by atoms with Gasteiger partial charge >= 0.3 is 6.18 Å². The average Bonchev–Trinajstić information content (AvgIpc) is 3.31. The summed E-state index contributed by atoms with van der Waals surface area (Å²) in [6.45, 7) is 5.78. The molecule has 1 N–H and O–H groups in total. The monoisotopic (exact) mass is 540 g/mol. The highest BCUT2D eigenvalue weighted by Crippen LogP contribution is 2.65. The standard InChI is InChI=1S/C29H32F4N6/c1-37-11-13-38(14-12-37)9-2-10-39(27-35-24-15-21(29(31,32)33)23(30)16-25(24)36-27)26-7-8-28(17-22(26)28)20-5-3-19(18-34)4-6-20/h3-6,15-16,22,26H,2,7-14,17H2,1H3,(H,35,36)/t22?,26-,28?/m1/s1. The number of H-pyrrole nitrogens is 1. The van der Waals surface area contributed by atoms with E-state index in [1.807, 2.05) is 12.1 Å². The van der Waals surface area contributed by atoms with Crippen molar-refractivity contribution in [1.29, 1.82) is 5.26 Å². The number of nitrogens with zero attached hydrogens (tertiary/aromatic N) is 5. The molecule has 3 atom stereocenters. The van der Waals surface area contributed by atoms with Gasteiger partial charge in [0.15, 0.2) is 0 Å². The number of hydrogen-bond acceptors (Lipinski definition) is 5. The predicted molar refractivity (Wildman–Crippen MR) is 141 cm³/mol. The van der Waals surface area contributed by atoms with Crippen molar-refractivity contribution >= 4 is 17.0 Å². The molecule has 1 aliphatic heterocycles. The fourth-order valence-electron chi connectivity index (χ4n) is 6.79. The van der Waals surface area contributed by atoms with E-state index >= 15 is 0 Å². The van der Waals surface area contributed by atoms with E-state index < -0.39 is 17.6 Å². The first-order chi connectivity index (χ1) is 18.7. The fourth-order valence-corrected chi connectivity index (χ4v) is 6.79. The van der Waals surface area contributed by atoms with E-state index in [4.69, 9.17) is 0 Å². The highest BCUT2D eigenvalue weighted by Gasteiger charge is 2.63. The van der Waals surface area contributed by atoms with Gasteiger partial charge in [0.2, 0.25) is 5.95 Å². The van der Waals surface area contributed by atoms with Crippen molar-refractivity contribution in [2.75, 3.05) is 51.2 Å². The van der Waals surface area contributed by atoms with Gasteiger partial charge in [0.05, 0.1) is 28.2 Å². The van der Waals surface area contributed by atoms with E-state index in [-0.39, 0.29) is 22.5 Å². The second-order valence-corrected chi connectivity index (χ2v) is 11.4. The van der Waals surface area contributed by atoms with Crippen molar-refractivity contribution in [1.82, 2.24) is 19.8 Å². The summed E-state index contributed by atoms with van der Waals surface area (Å²) in [6.07, 6.45) is -0.887. The average molecular weight is 541 g/mol. The summed E-state index contributed by atoms with van der Waals surface area (Å²) >= 11 is 0. The molecular weight excluding hydrogens is 508 g/mol. The predicted octanol–water partition coefficient (Wildman–Crippen LogP) is 5.16. The molecule has 0 spiro atoms. The molecule has 2 aliphatic carbocycles. The number of alkyl halides is 3. The van der Waals surface area contributed by atoms with E-state index in [2.05, 4.69) is 49.9 Å². The van der Waals surface area contributed by atoms with Crippen molar-refractivity contribution in [3.63, 3.8) is 0 Å². The molecule has 0 bridgehead atoms. The number of anilines is 1. The van der Waals surface area contributed by atoms with Gasteiger partial charge in [-0.25, -0.2) is 9.37 Å². The third kappa shape index (κ3) is 4.87. The molecule has 0 radical (unpaired) electrons. The minimum atomic E-state index is -4.77. The van der Waals surface area contributed by atoms with Crippen LogP contribution in [0.4, 0.5) is 23.5 Å². The maximum absolute atomic E-state index is 14.3. The fraction of sp³-hybridized carbons (Fsp3) is 0.517. The van der Waals surface area contributed by atoms with E-state index in [9.17, 15) is 22.8 Å². The van der Waals surface area contributed by atoms with Gasteiger partial charge in [-0.05, 0) is 69.0 Å². The summed E-state index contributed by atoms with van der Waals surface area (Å²) in [5.41, 5.74) is 1.06. The first-order valence-corrected chi connectivity index (χ1v) is 13.6. The van der Waals surface area contributed by atoms with Gasteiger partial charge in [0.25, 0.3) is 0 Å². The van der Waals surface area contributed by atoms with Crippen LogP contribution in [0.3, 0.4) is 0 Å². The number of aromatic nitrogens is 2. The third-order valence-electron chi connectivity index (χ3n) is 9.08. The maximum Gasteiger partial charge on any atom is 0.419 e. The van der Waals surface area contributed by atoms with Gasteiger partial charge in [-0.2, -0.15) is 18.4 Å². The number of nitriles is 1. The Morgan fingerprint density at radius 2 is 1.90 bits per heavy atom. The Bertz CT molecular complexity index is 1390. The Labute approximate surface area is 225 Å². The molecule has 10 heteroatoms. The van der Waals surface area contributed by atoms with Gasteiger partial charge in [0.1, 0.15) is 5.82 Å². The first-order valence-electron chi connectivity index (χ1n) is 13.6. The van der Waals surface area contributed by atoms with E-state index in [0.29, 0.717) is 24.0 Å². The van der Waals surface area contributed by atoms with Crippen LogP contribution < -0.4 is 4.90 Å².